The molecule has 72 valence electrons. The number of carbonyl (C=O) groups is 1. The third kappa shape index (κ3) is 1.70. The Morgan fingerprint density at radius 3 is 2.93 bits per heavy atom. The number of nitrogens with zero attached hydrogens (tertiary/aromatic N) is 1. The number of hydrogen-bond acceptors (Lipinski definition) is 3. The number of pyridine rings is 1. The van der Waals surface area contributed by atoms with Crippen LogP contribution in [0.25, 0.3) is 0 Å². The molecule has 0 radical (unpaired) electrons. The molecule has 0 spiro atoms. The Morgan fingerprint density at radius 1 is 1.57 bits per heavy atom. The largest absolute Gasteiger partial charge is 0.454 e. The number of cyclic esters (lactones) is 1. The summed E-state index contributed by atoms with van der Waals surface area (Å²) in [6, 6.07) is 1.89. The molecule has 1 atom stereocenters. The predicted molar refractivity (Wildman–Crippen MR) is 54.5 cm³/mol. The van der Waals surface area contributed by atoms with Gasteiger partial charge in [-0.1, -0.05) is 6.58 Å². The SMILES string of the molecule is C=C1CC(c2cncc(Br)c2)OC1=O. The van der Waals surface area contributed by atoms with Crippen LogP contribution in [0, 0.1) is 0 Å². The van der Waals surface area contributed by atoms with Gasteiger partial charge < -0.3 is 4.74 Å². The van der Waals surface area contributed by atoms with Crippen molar-refractivity contribution >= 4 is 21.9 Å². The van der Waals surface area contributed by atoms with Gasteiger partial charge in [-0.2, -0.15) is 0 Å². The zero-order valence-electron chi connectivity index (χ0n) is 7.37. The van der Waals surface area contributed by atoms with E-state index in [0.717, 1.165) is 10.0 Å². The van der Waals surface area contributed by atoms with E-state index in [1.807, 2.05) is 6.07 Å². The number of rotatable bonds is 1. The molecule has 1 aromatic heterocycles. The summed E-state index contributed by atoms with van der Waals surface area (Å²) in [5.41, 5.74) is 1.42. The van der Waals surface area contributed by atoms with Crippen molar-refractivity contribution in [2.75, 3.05) is 0 Å². The highest BCUT2D eigenvalue weighted by atomic mass is 79.9. The van der Waals surface area contributed by atoms with Gasteiger partial charge in [-0.15, -0.1) is 0 Å². The van der Waals surface area contributed by atoms with Gasteiger partial charge in [0.25, 0.3) is 0 Å². The minimum Gasteiger partial charge on any atom is -0.454 e. The summed E-state index contributed by atoms with van der Waals surface area (Å²) < 4.78 is 5.99. The second-order valence-corrected chi connectivity index (χ2v) is 4.05. The standard InChI is InChI=1S/C10H8BrNO2/c1-6-2-9(14-10(6)13)7-3-8(11)5-12-4-7/h3-5,9H,1-2H2. The summed E-state index contributed by atoms with van der Waals surface area (Å²) in [5.74, 6) is -0.310. The Kier molecular flexibility index (Phi) is 2.37. The monoisotopic (exact) mass is 253 g/mol. The van der Waals surface area contributed by atoms with Crippen molar-refractivity contribution in [3.63, 3.8) is 0 Å². The first-order chi connectivity index (χ1) is 6.66. The highest BCUT2D eigenvalue weighted by Crippen LogP contribution is 2.32. The molecular weight excluding hydrogens is 246 g/mol. The van der Waals surface area contributed by atoms with Gasteiger partial charge in [-0.05, 0) is 22.0 Å². The van der Waals surface area contributed by atoms with E-state index in [1.54, 1.807) is 12.4 Å². The molecule has 1 fully saturated rings. The smallest absolute Gasteiger partial charge is 0.334 e. The third-order valence-electron chi connectivity index (χ3n) is 2.07. The molecule has 14 heavy (non-hydrogen) atoms. The quantitative estimate of drug-likeness (QED) is 0.570. The van der Waals surface area contributed by atoms with Crippen LogP contribution in [-0.4, -0.2) is 11.0 Å². The van der Waals surface area contributed by atoms with Crippen LogP contribution in [0.2, 0.25) is 0 Å². The second-order valence-electron chi connectivity index (χ2n) is 3.14. The lowest BCUT2D eigenvalue weighted by atomic mass is 10.1. The van der Waals surface area contributed by atoms with Gasteiger partial charge in [0.1, 0.15) is 6.10 Å². The fourth-order valence-electron chi connectivity index (χ4n) is 1.35. The molecule has 3 nitrogen and oxygen atoms in total. The maximum absolute atomic E-state index is 11.1. The molecule has 0 amide bonds. The van der Waals surface area contributed by atoms with Gasteiger partial charge in [-0.3, -0.25) is 4.98 Å². The van der Waals surface area contributed by atoms with Crippen molar-refractivity contribution < 1.29 is 9.53 Å². The third-order valence-corrected chi connectivity index (χ3v) is 2.50. The zero-order valence-corrected chi connectivity index (χ0v) is 8.95. The van der Waals surface area contributed by atoms with Crippen LogP contribution in [0.4, 0.5) is 0 Å². The molecule has 1 saturated heterocycles. The van der Waals surface area contributed by atoms with Gasteiger partial charge in [-0.25, -0.2) is 4.79 Å². The molecular formula is C10H8BrNO2. The molecule has 0 aromatic carbocycles. The van der Waals surface area contributed by atoms with Gasteiger partial charge in [0.2, 0.25) is 0 Å². The van der Waals surface area contributed by atoms with E-state index in [1.165, 1.54) is 0 Å². The van der Waals surface area contributed by atoms with Crippen molar-refractivity contribution in [2.24, 2.45) is 0 Å². The molecule has 1 aromatic rings. The Hall–Kier alpha value is -1.16. The van der Waals surface area contributed by atoms with Crippen molar-refractivity contribution in [2.45, 2.75) is 12.5 Å². The van der Waals surface area contributed by atoms with Crippen LogP contribution in [0.3, 0.4) is 0 Å². The number of aromatic nitrogens is 1. The van der Waals surface area contributed by atoms with Crippen molar-refractivity contribution in [3.05, 3.63) is 40.6 Å². The first-order valence-corrected chi connectivity index (χ1v) is 4.95. The minimum atomic E-state index is -0.310. The number of hydrogen-bond donors (Lipinski definition) is 0. The molecule has 0 aliphatic carbocycles. The van der Waals surface area contributed by atoms with Crippen molar-refractivity contribution in [1.82, 2.24) is 4.98 Å². The summed E-state index contributed by atoms with van der Waals surface area (Å²) in [6.07, 6.45) is 3.72. The molecule has 0 saturated carbocycles. The maximum atomic E-state index is 11.1. The summed E-state index contributed by atoms with van der Waals surface area (Å²) >= 11 is 3.31. The van der Waals surface area contributed by atoms with Crippen LogP contribution < -0.4 is 0 Å². The number of halogens is 1. The topological polar surface area (TPSA) is 39.2 Å². The lowest BCUT2D eigenvalue weighted by Crippen LogP contribution is -1.99. The van der Waals surface area contributed by atoms with Crippen LogP contribution in [0.1, 0.15) is 18.1 Å². The van der Waals surface area contributed by atoms with E-state index in [4.69, 9.17) is 4.74 Å². The Balaban J connectivity index is 2.25. The zero-order chi connectivity index (χ0) is 10.1. The predicted octanol–water partition coefficient (Wildman–Crippen LogP) is 2.39. The Labute approximate surface area is 89.9 Å². The van der Waals surface area contributed by atoms with Gasteiger partial charge >= 0.3 is 5.97 Å². The average Bonchev–Trinajstić information content (AvgIpc) is 2.47. The Morgan fingerprint density at radius 2 is 2.36 bits per heavy atom. The molecule has 2 rings (SSSR count). The number of esters is 1. The fraction of sp³-hybridized carbons (Fsp3) is 0.200. The second kappa shape index (κ2) is 3.53. The summed E-state index contributed by atoms with van der Waals surface area (Å²) in [7, 11) is 0. The maximum Gasteiger partial charge on any atom is 0.334 e. The van der Waals surface area contributed by atoms with E-state index < -0.39 is 0 Å². The van der Waals surface area contributed by atoms with Crippen molar-refractivity contribution in [3.8, 4) is 0 Å². The molecule has 4 heteroatoms. The molecule has 1 aliphatic rings. The normalized spacial score (nSPS) is 21.1. The van der Waals surface area contributed by atoms with Crippen molar-refractivity contribution in [1.29, 1.82) is 0 Å². The number of carbonyl (C=O) groups excluding carboxylic acids is 1. The summed E-state index contributed by atoms with van der Waals surface area (Å²) in [5, 5.41) is 0. The molecule has 2 heterocycles. The van der Waals surface area contributed by atoms with Gasteiger partial charge in [0.15, 0.2) is 0 Å². The van der Waals surface area contributed by atoms with E-state index in [2.05, 4.69) is 27.5 Å². The summed E-state index contributed by atoms with van der Waals surface area (Å²) in [4.78, 5) is 15.1. The molecule has 0 N–H and O–H groups in total. The average molecular weight is 254 g/mol. The lowest BCUT2D eigenvalue weighted by Gasteiger charge is -2.07. The number of ether oxygens (including phenoxy) is 1. The van der Waals surface area contributed by atoms with Gasteiger partial charge in [0.05, 0.1) is 0 Å². The lowest BCUT2D eigenvalue weighted by molar-refractivity contribution is -0.139. The highest BCUT2D eigenvalue weighted by Gasteiger charge is 2.28. The van der Waals surface area contributed by atoms with E-state index in [9.17, 15) is 4.79 Å². The van der Waals surface area contributed by atoms with Gasteiger partial charge in [0, 0.05) is 34.4 Å². The van der Waals surface area contributed by atoms with E-state index in [0.29, 0.717) is 12.0 Å². The van der Waals surface area contributed by atoms with Crippen LogP contribution >= 0.6 is 15.9 Å². The first kappa shape index (κ1) is 9.40. The molecule has 1 unspecified atom stereocenters. The highest BCUT2D eigenvalue weighted by molar-refractivity contribution is 9.10. The van der Waals surface area contributed by atoms with Crippen LogP contribution in [-0.2, 0) is 9.53 Å². The Bertz CT molecular complexity index is 387. The van der Waals surface area contributed by atoms with E-state index in [-0.39, 0.29) is 12.1 Å². The summed E-state index contributed by atoms with van der Waals surface area (Å²) in [6.45, 7) is 3.63. The van der Waals surface area contributed by atoms with Crippen LogP contribution in [0.15, 0.2) is 35.1 Å². The molecule has 1 aliphatic heterocycles. The minimum absolute atomic E-state index is 0.222. The first-order valence-electron chi connectivity index (χ1n) is 4.16. The molecule has 0 bridgehead atoms. The fourth-order valence-corrected chi connectivity index (χ4v) is 1.73. The van der Waals surface area contributed by atoms with E-state index >= 15 is 0 Å². The van der Waals surface area contributed by atoms with Crippen LogP contribution in [0.5, 0.6) is 0 Å².